The van der Waals surface area contributed by atoms with Crippen LogP contribution in [-0.2, 0) is 28.5 Å². The zero-order valence-corrected chi connectivity index (χ0v) is 37.1. The Morgan fingerprint density at radius 3 is 1.39 bits per heavy atom. The molecule has 342 valence electrons. The summed E-state index contributed by atoms with van der Waals surface area (Å²) in [6.45, 7) is 3.07. The van der Waals surface area contributed by atoms with E-state index in [4.69, 9.17) is 18.9 Å². The summed E-state index contributed by atoms with van der Waals surface area (Å²) < 4.78 is 22.1. The van der Waals surface area contributed by atoms with Crippen LogP contribution in [0, 0.1) is 0 Å². The minimum atomic E-state index is -1.62. The van der Waals surface area contributed by atoms with Gasteiger partial charge in [0.25, 0.3) is 0 Å². The van der Waals surface area contributed by atoms with E-state index in [1.165, 1.54) is 0 Å². The lowest BCUT2D eigenvalue weighted by atomic mass is 9.99. The summed E-state index contributed by atoms with van der Waals surface area (Å²) in [6.07, 6.45) is 49.2. The molecular weight excluding hydrogens is 773 g/mol. The Balaban J connectivity index is 2.42. The molecule has 0 amide bonds. The van der Waals surface area contributed by atoms with Crippen molar-refractivity contribution in [2.45, 2.75) is 166 Å². The molecule has 1 fully saturated rings. The largest absolute Gasteiger partial charge is 0.462 e. The third-order valence-electron chi connectivity index (χ3n) is 9.34. The van der Waals surface area contributed by atoms with Crippen molar-refractivity contribution in [3.8, 4) is 0 Å². The molecule has 0 aromatic rings. The summed E-state index contributed by atoms with van der Waals surface area (Å²) in [7, 11) is 0. The number of aliphatic hydroxyl groups excluding tert-OH is 4. The molecule has 1 saturated heterocycles. The number of hydrogen-bond acceptors (Lipinski definition) is 10. The van der Waals surface area contributed by atoms with Crippen molar-refractivity contribution in [1.29, 1.82) is 0 Å². The highest BCUT2D eigenvalue weighted by atomic mass is 16.7. The topological polar surface area (TPSA) is 152 Å². The molecule has 0 aromatic heterocycles. The van der Waals surface area contributed by atoms with E-state index in [-0.39, 0.29) is 26.1 Å². The summed E-state index contributed by atoms with van der Waals surface area (Å²) in [5.74, 6) is -0.928. The van der Waals surface area contributed by atoms with E-state index in [1.54, 1.807) is 0 Å². The van der Waals surface area contributed by atoms with Crippen LogP contribution in [0.2, 0.25) is 0 Å². The number of hydrogen-bond donors (Lipinski definition) is 4. The van der Waals surface area contributed by atoms with Gasteiger partial charge in [0.2, 0.25) is 0 Å². The van der Waals surface area contributed by atoms with Gasteiger partial charge in [-0.2, -0.15) is 0 Å². The smallest absolute Gasteiger partial charge is 0.306 e. The molecule has 2 unspecified atom stereocenters. The van der Waals surface area contributed by atoms with Crippen LogP contribution >= 0.6 is 0 Å². The molecule has 1 aliphatic heterocycles. The van der Waals surface area contributed by atoms with Gasteiger partial charge in [-0.15, -0.1) is 0 Å². The Bertz CT molecular complexity index is 1400. The van der Waals surface area contributed by atoms with E-state index in [1.807, 2.05) is 6.08 Å². The van der Waals surface area contributed by atoms with Crippen molar-refractivity contribution >= 4 is 11.9 Å². The van der Waals surface area contributed by atoms with Crippen molar-refractivity contribution < 1.29 is 49.0 Å². The van der Waals surface area contributed by atoms with E-state index < -0.39 is 55.4 Å². The van der Waals surface area contributed by atoms with Gasteiger partial charge in [0.15, 0.2) is 12.4 Å². The fourth-order valence-corrected chi connectivity index (χ4v) is 5.84. The average Bonchev–Trinajstić information content (AvgIpc) is 3.26. The summed E-state index contributed by atoms with van der Waals surface area (Å²) in [4.78, 5) is 25.3. The highest BCUT2D eigenvalue weighted by molar-refractivity contribution is 5.70. The van der Waals surface area contributed by atoms with Crippen LogP contribution in [0.4, 0.5) is 0 Å². The van der Waals surface area contributed by atoms with E-state index in [0.717, 1.165) is 83.5 Å². The van der Waals surface area contributed by atoms with Gasteiger partial charge < -0.3 is 39.4 Å². The van der Waals surface area contributed by atoms with E-state index in [9.17, 15) is 30.0 Å². The highest BCUT2D eigenvalue weighted by Crippen LogP contribution is 2.22. The molecule has 0 aromatic carbocycles. The normalized spacial score (nSPS) is 20.9. The quantitative estimate of drug-likeness (QED) is 0.0276. The number of ether oxygens (including phenoxy) is 4. The van der Waals surface area contributed by atoms with Crippen LogP contribution in [0.1, 0.15) is 129 Å². The van der Waals surface area contributed by atoms with E-state index in [2.05, 4.69) is 129 Å². The molecule has 61 heavy (non-hydrogen) atoms. The Kier molecular flexibility index (Phi) is 36.3. The van der Waals surface area contributed by atoms with Crippen molar-refractivity contribution in [1.82, 2.24) is 0 Å². The summed E-state index contributed by atoms with van der Waals surface area (Å²) >= 11 is 0. The monoisotopic (exact) mass is 851 g/mol. The maximum atomic E-state index is 12.8. The SMILES string of the molecule is CC/C=C/C/C=C/C/C=C/C/C=C/C/C=C/CCCCCC(=O)O[C@H](COC(=O)CCC/C=C/C/C=C/C/C=C/C/C=C/C/C=C/CC)CO[C@@H]1O[C@H](CO)[C@H](O)C(O)C1O. The second-order valence-corrected chi connectivity index (χ2v) is 14.7. The third-order valence-corrected chi connectivity index (χ3v) is 9.34. The van der Waals surface area contributed by atoms with Gasteiger partial charge in [-0.05, 0) is 96.3 Å². The summed E-state index contributed by atoms with van der Waals surface area (Å²) in [5.41, 5.74) is 0. The zero-order valence-electron chi connectivity index (χ0n) is 37.1. The van der Waals surface area contributed by atoms with Crippen molar-refractivity contribution in [3.63, 3.8) is 0 Å². The molecule has 1 aliphatic rings. The number of aliphatic hydroxyl groups is 4. The van der Waals surface area contributed by atoms with Gasteiger partial charge in [0.1, 0.15) is 31.0 Å². The Morgan fingerprint density at radius 1 is 0.508 bits per heavy atom. The van der Waals surface area contributed by atoms with Gasteiger partial charge in [-0.3, -0.25) is 9.59 Å². The minimum Gasteiger partial charge on any atom is -0.462 e. The number of unbranched alkanes of at least 4 members (excludes halogenated alkanes) is 4. The number of rotatable bonds is 35. The Labute approximate surface area is 367 Å². The molecule has 0 bridgehead atoms. The first-order chi connectivity index (χ1) is 29.8. The Morgan fingerprint density at radius 2 is 0.934 bits per heavy atom. The van der Waals surface area contributed by atoms with Crippen LogP contribution < -0.4 is 0 Å². The van der Waals surface area contributed by atoms with Gasteiger partial charge >= 0.3 is 11.9 Å². The van der Waals surface area contributed by atoms with Crippen molar-refractivity contribution in [3.05, 3.63) is 122 Å². The minimum absolute atomic E-state index is 0.170. The predicted octanol–water partition coefficient (Wildman–Crippen LogP) is 9.88. The maximum absolute atomic E-state index is 12.8. The van der Waals surface area contributed by atoms with Crippen molar-refractivity contribution in [2.75, 3.05) is 19.8 Å². The molecule has 6 atom stereocenters. The lowest BCUT2D eigenvalue weighted by Crippen LogP contribution is -2.59. The summed E-state index contributed by atoms with van der Waals surface area (Å²) in [6, 6.07) is 0. The fraction of sp³-hybridized carbons (Fsp3) is 0.569. The number of carbonyl (C=O) groups excluding carboxylic acids is 2. The number of allylic oxidation sites excluding steroid dienone is 20. The van der Waals surface area contributed by atoms with Gasteiger partial charge in [0, 0.05) is 12.8 Å². The lowest BCUT2D eigenvalue weighted by molar-refractivity contribution is -0.305. The van der Waals surface area contributed by atoms with E-state index in [0.29, 0.717) is 19.3 Å². The fourth-order valence-electron chi connectivity index (χ4n) is 5.84. The van der Waals surface area contributed by atoms with Crippen LogP contribution in [0.3, 0.4) is 0 Å². The molecule has 10 nitrogen and oxygen atoms in total. The second-order valence-electron chi connectivity index (χ2n) is 14.7. The maximum Gasteiger partial charge on any atom is 0.306 e. The first-order valence-electron chi connectivity index (χ1n) is 22.6. The van der Waals surface area contributed by atoms with Gasteiger partial charge in [0.05, 0.1) is 13.2 Å². The van der Waals surface area contributed by atoms with Crippen LogP contribution in [-0.4, -0.2) is 89.0 Å². The standard InChI is InChI=1S/C51H78O10/c1-3-5-7-9-11-13-15-17-19-21-22-24-26-28-30-32-34-36-38-40-47(54)60-44(43-59-51-50(57)49(56)48(55)45(41-52)61-51)42-58-46(53)39-37-35-33-31-29-27-25-23-20-18-16-14-12-10-8-6-4-2/h5-8,11-14,17-20,22,24-25,27-28,30-31,33,44-45,48-52,55-57H,3-4,9-10,15-16,21,23,26,29,32,34-43H2,1-2H3/b7-5+,8-6+,13-11+,14-12+,19-17+,20-18+,24-22+,27-25+,30-28+,33-31+/t44-,45-,48+,49?,50?,51-/m1/s1. The average molecular weight is 851 g/mol. The molecule has 1 rings (SSSR count). The zero-order chi connectivity index (χ0) is 44.4. The molecule has 10 heteroatoms. The third kappa shape index (κ3) is 31.6. The molecule has 1 heterocycles. The Hall–Kier alpha value is -3.90. The first kappa shape index (κ1) is 55.1. The number of esters is 2. The number of carbonyl (C=O) groups is 2. The molecule has 0 saturated carbocycles. The second kappa shape index (κ2) is 40.2. The highest BCUT2D eigenvalue weighted by Gasteiger charge is 2.44. The predicted molar refractivity (Wildman–Crippen MR) is 246 cm³/mol. The van der Waals surface area contributed by atoms with Gasteiger partial charge in [-0.1, -0.05) is 142 Å². The van der Waals surface area contributed by atoms with Crippen LogP contribution in [0.25, 0.3) is 0 Å². The van der Waals surface area contributed by atoms with Gasteiger partial charge in [-0.25, -0.2) is 0 Å². The first-order valence-corrected chi connectivity index (χ1v) is 22.6. The van der Waals surface area contributed by atoms with E-state index >= 15 is 0 Å². The van der Waals surface area contributed by atoms with Crippen LogP contribution in [0.15, 0.2) is 122 Å². The molecular formula is C51H78O10. The molecule has 0 spiro atoms. The van der Waals surface area contributed by atoms with Crippen LogP contribution in [0.5, 0.6) is 0 Å². The lowest BCUT2D eigenvalue weighted by Gasteiger charge is -2.39. The molecule has 0 radical (unpaired) electrons. The summed E-state index contributed by atoms with van der Waals surface area (Å²) in [5, 5.41) is 40.1. The van der Waals surface area contributed by atoms with Crippen molar-refractivity contribution in [2.24, 2.45) is 0 Å². The molecule has 0 aliphatic carbocycles. The molecule has 4 N–H and O–H groups in total.